The fraction of sp³-hybridized carbons (Fsp3) is 0.611. The van der Waals surface area contributed by atoms with Crippen LogP contribution in [0, 0.1) is 0 Å². The highest BCUT2D eigenvalue weighted by atomic mass is 32.2. The highest BCUT2D eigenvalue weighted by molar-refractivity contribution is 7.99. The summed E-state index contributed by atoms with van der Waals surface area (Å²) in [4.78, 5) is 14.8. The second kappa shape index (κ2) is 7.58. The molecule has 2 N–H and O–H groups in total. The third kappa shape index (κ3) is 4.21. The topological polar surface area (TPSA) is 52.6 Å². The van der Waals surface area contributed by atoms with E-state index in [-0.39, 0.29) is 5.91 Å². The molecule has 2 heterocycles. The number of aliphatic hydroxyl groups is 1. The van der Waals surface area contributed by atoms with Gasteiger partial charge in [0.25, 0.3) is 5.91 Å². The molecule has 0 saturated carbocycles. The summed E-state index contributed by atoms with van der Waals surface area (Å²) < 4.78 is 0. The van der Waals surface area contributed by atoms with Gasteiger partial charge < -0.3 is 15.3 Å². The predicted molar refractivity (Wildman–Crippen MR) is 97.3 cm³/mol. The molecule has 2 saturated heterocycles. The number of amides is 1. The number of nitrogens with one attached hydrogen (secondary N) is 1. The maximum Gasteiger partial charge on any atom is 0.256 e. The van der Waals surface area contributed by atoms with E-state index in [1.54, 1.807) is 11.8 Å². The van der Waals surface area contributed by atoms with Crippen LogP contribution in [0.1, 0.15) is 38.5 Å². The molecule has 0 unspecified atom stereocenters. The van der Waals surface area contributed by atoms with Crippen molar-refractivity contribution in [2.75, 3.05) is 34.8 Å². The van der Waals surface area contributed by atoms with Gasteiger partial charge in [-0.3, -0.25) is 4.79 Å². The smallest absolute Gasteiger partial charge is 0.256 e. The van der Waals surface area contributed by atoms with E-state index < -0.39 is 5.60 Å². The number of carbonyl (C=O) groups excluding carboxylic acids is 1. The molecule has 3 rings (SSSR count). The molecule has 1 aromatic carbocycles. The Morgan fingerprint density at radius 3 is 2.52 bits per heavy atom. The minimum Gasteiger partial charge on any atom is -0.380 e. The molecule has 0 atom stereocenters. The molecule has 2 fully saturated rings. The molecule has 0 radical (unpaired) electrons. The van der Waals surface area contributed by atoms with Gasteiger partial charge in [-0.1, -0.05) is 18.9 Å². The first-order valence-electron chi connectivity index (χ1n) is 8.64. The minimum atomic E-state index is -1.20. The molecule has 23 heavy (non-hydrogen) atoms. The molecule has 0 aromatic heterocycles. The number of carbonyl (C=O) groups is 1. The molecule has 1 amide bonds. The largest absolute Gasteiger partial charge is 0.380 e. The van der Waals surface area contributed by atoms with E-state index in [1.165, 1.54) is 25.7 Å². The summed E-state index contributed by atoms with van der Waals surface area (Å²) >= 11 is 1.80. The third-order valence-electron chi connectivity index (χ3n) is 4.82. The predicted octanol–water partition coefficient (Wildman–Crippen LogP) is 3.26. The van der Waals surface area contributed by atoms with Crippen LogP contribution in [0.25, 0.3) is 0 Å². The van der Waals surface area contributed by atoms with Crippen molar-refractivity contribution >= 4 is 29.0 Å². The number of thioether (sulfide) groups is 1. The SMILES string of the molecule is O=C(Nc1cccc(N2CCCCCC2)c1)C1(O)CCSCC1. The molecule has 2 aliphatic heterocycles. The van der Waals surface area contributed by atoms with Crippen molar-refractivity contribution in [2.45, 2.75) is 44.1 Å². The molecule has 5 heteroatoms. The van der Waals surface area contributed by atoms with Crippen molar-refractivity contribution < 1.29 is 9.90 Å². The fourth-order valence-corrected chi connectivity index (χ4v) is 4.46. The van der Waals surface area contributed by atoms with Crippen molar-refractivity contribution in [3.63, 3.8) is 0 Å². The van der Waals surface area contributed by atoms with Crippen molar-refractivity contribution in [1.29, 1.82) is 0 Å². The van der Waals surface area contributed by atoms with Crippen LogP contribution in [0.4, 0.5) is 11.4 Å². The molecule has 0 spiro atoms. The van der Waals surface area contributed by atoms with Gasteiger partial charge in [0, 0.05) is 24.5 Å². The lowest BCUT2D eigenvalue weighted by Crippen LogP contribution is -2.45. The molecule has 0 bridgehead atoms. The molecular weight excluding hydrogens is 308 g/mol. The number of hydrogen-bond acceptors (Lipinski definition) is 4. The Morgan fingerprint density at radius 2 is 1.83 bits per heavy atom. The van der Waals surface area contributed by atoms with Gasteiger partial charge in [-0.25, -0.2) is 0 Å². The number of nitrogens with zero attached hydrogens (tertiary/aromatic N) is 1. The zero-order valence-corrected chi connectivity index (χ0v) is 14.4. The number of benzene rings is 1. The summed E-state index contributed by atoms with van der Waals surface area (Å²) in [6.07, 6.45) is 6.14. The normalized spacial score (nSPS) is 21.5. The Hall–Kier alpha value is -1.20. The van der Waals surface area contributed by atoms with Crippen LogP contribution < -0.4 is 10.2 Å². The summed E-state index contributed by atoms with van der Waals surface area (Å²) in [5.74, 6) is 1.43. The monoisotopic (exact) mass is 334 g/mol. The van der Waals surface area contributed by atoms with Gasteiger partial charge in [-0.2, -0.15) is 11.8 Å². The zero-order valence-electron chi connectivity index (χ0n) is 13.6. The van der Waals surface area contributed by atoms with Crippen molar-refractivity contribution in [3.05, 3.63) is 24.3 Å². The van der Waals surface area contributed by atoms with E-state index in [4.69, 9.17) is 0 Å². The molecule has 4 nitrogen and oxygen atoms in total. The summed E-state index contributed by atoms with van der Waals surface area (Å²) in [7, 11) is 0. The van der Waals surface area contributed by atoms with Crippen molar-refractivity contribution in [2.24, 2.45) is 0 Å². The van der Waals surface area contributed by atoms with Crippen LogP contribution in [-0.4, -0.2) is 41.2 Å². The lowest BCUT2D eigenvalue weighted by Gasteiger charge is -2.30. The van der Waals surface area contributed by atoms with E-state index in [9.17, 15) is 9.90 Å². The standard InChI is InChI=1S/C18H26N2O2S/c21-17(18(22)8-12-23-13-9-18)19-15-6-5-7-16(14-15)20-10-3-1-2-4-11-20/h5-7,14,22H,1-4,8-13H2,(H,19,21). The summed E-state index contributed by atoms with van der Waals surface area (Å²) in [5, 5.41) is 13.4. The van der Waals surface area contributed by atoms with Crippen LogP contribution in [0.2, 0.25) is 0 Å². The Bertz CT molecular complexity index is 536. The van der Waals surface area contributed by atoms with Crippen molar-refractivity contribution in [1.82, 2.24) is 0 Å². The highest BCUT2D eigenvalue weighted by Gasteiger charge is 2.37. The number of anilines is 2. The van der Waals surface area contributed by atoms with E-state index >= 15 is 0 Å². The van der Waals surface area contributed by atoms with E-state index in [1.807, 2.05) is 18.2 Å². The van der Waals surface area contributed by atoms with E-state index in [2.05, 4.69) is 16.3 Å². The number of hydrogen-bond donors (Lipinski definition) is 2. The van der Waals surface area contributed by atoms with Crippen LogP contribution in [0.5, 0.6) is 0 Å². The van der Waals surface area contributed by atoms with Crippen LogP contribution in [0.15, 0.2) is 24.3 Å². The molecule has 0 aliphatic carbocycles. The Kier molecular flexibility index (Phi) is 5.49. The molecule has 1 aromatic rings. The van der Waals surface area contributed by atoms with E-state index in [0.29, 0.717) is 12.8 Å². The van der Waals surface area contributed by atoms with Gasteiger partial charge in [0.15, 0.2) is 0 Å². The Morgan fingerprint density at radius 1 is 1.13 bits per heavy atom. The maximum absolute atomic E-state index is 12.4. The molecule has 2 aliphatic rings. The van der Waals surface area contributed by atoms with E-state index in [0.717, 1.165) is 36.0 Å². The molecule has 126 valence electrons. The second-order valence-corrected chi connectivity index (χ2v) is 7.77. The zero-order chi connectivity index (χ0) is 16.1. The van der Waals surface area contributed by atoms with Gasteiger partial charge >= 0.3 is 0 Å². The fourth-order valence-electron chi connectivity index (χ4n) is 3.29. The molecular formula is C18H26N2O2S. The average Bonchev–Trinajstić information content (AvgIpc) is 2.85. The van der Waals surface area contributed by atoms with Crippen LogP contribution in [0.3, 0.4) is 0 Å². The van der Waals surface area contributed by atoms with Gasteiger partial charge in [-0.15, -0.1) is 0 Å². The van der Waals surface area contributed by atoms with Gasteiger partial charge in [0.2, 0.25) is 0 Å². The first kappa shape index (κ1) is 16.7. The van der Waals surface area contributed by atoms with Gasteiger partial charge in [0.1, 0.15) is 5.60 Å². The number of rotatable bonds is 3. The maximum atomic E-state index is 12.4. The van der Waals surface area contributed by atoms with Gasteiger partial charge in [0.05, 0.1) is 0 Å². The Labute approximate surface area is 142 Å². The first-order valence-corrected chi connectivity index (χ1v) is 9.79. The lowest BCUT2D eigenvalue weighted by atomic mass is 9.95. The lowest BCUT2D eigenvalue weighted by molar-refractivity contribution is -0.134. The first-order chi connectivity index (χ1) is 11.2. The second-order valence-electron chi connectivity index (χ2n) is 6.55. The minimum absolute atomic E-state index is 0.259. The summed E-state index contributed by atoms with van der Waals surface area (Å²) in [5.41, 5.74) is 0.739. The highest BCUT2D eigenvalue weighted by Crippen LogP contribution is 2.29. The Balaban J connectivity index is 1.68. The average molecular weight is 334 g/mol. The summed E-state index contributed by atoms with van der Waals surface area (Å²) in [6, 6.07) is 8.02. The van der Waals surface area contributed by atoms with Gasteiger partial charge in [-0.05, 0) is 55.4 Å². The van der Waals surface area contributed by atoms with Crippen LogP contribution >= 0.6 is 11.8 Å². The van der Waals surface area contributed by atoms with Crippen molar-refractivity contribution in [3.8, 4) is 0 Å². The third-order valence-corrected chi connectivity index (χ3v) is 5.80. The quantitative estimate of drug-likeness (QED) is 0.891. The van der Waals surface area contributed by atoms with Crippen LogP contribution in [-0.2, 0) is 4.79 Å². The summed E-state index contributed by atoms with van der Waals surface area (Å²) in [6.45, 7) is 2.16.